The number of sulfone groups is 1. The third-order valence-corrected chi connectivity index (χ3v) is 5.29. The maximum atomic E-state index is 13.3. The Morgan fingerprint density at radius 2 is 1.82 bits per heavy atom. The number of nitrogens with two attached hydrogens (primary N) is 1. The van der Waals surface area contributed by atoms with E-state index in [0.717, 1.165) is 11.8 Å². The molecule has 0 spiro atoms. The van der Waals surface area contributed by atoms with E-state index in [1.54, 1.807) is 26.8 Å². The zero-order valence-electron chi connectivity index (χ0n) is 10.5. The van der Waals surface area contributed by atoms with Crippen molar-refractivity contribution in [2.75, 3.05) is 6.26 Å². The van der Waals surface area contributed by atoms with E-state index in [1.807, 2.05) is 0 Å². The van der Waals surface area contributed by atoms with Crippen LogP contribution in [0.2, 0.25) is 0 Å². The van der Waals surface area contributed by atoms with Crippen molar-refractivity contribution >= 4 is 9.84 Å². The first-order chi connectivity index (χ1) is 7.55. The average Bonchev–Trinajstić information content (AvgIpc) is 2.13. The normalized spacial score (nSPS) is 14.7. The van der Waals surface area contributed by atoms with Crippen molar-refractivity contribution in [3.63, 3.8) is 0 Å². The Kier molecular flexibility index (Phi) is 3.64. The molecule has 0 saturated carbocycles. The molecular formula is C12H18FNO2S. The van der Waals surface area contributed by atoms with Gasteiger partial charge >= 0.3 is 0 Å². The van der Waals surface area contributed by atoms with Gasteiger partial charge in [-0.05, 0) is 44.0 Å². The van der Waals surface area contributed by atoms with Crippen LogP contribution in [-0.2, 0) is 9.84 Å². The first-order valence-corrected chi connectivity index (χ1v) is 7.17. The molecule has 0 amide bonds. The fraction of sp³-hybridized carbons (Fsp3) is 0.500. The third kappa shape index (κ3) is 2.84. The molecule has 1 aromatic rings. The maximum absolute atomic E-state index is 13.3. The van der Waals surface area contributed by atoms with Crippen LogP contribution in [0.15, 0.2) is 18.2 Å². The van der Waals surface area contributed by atoms with Crippen LogP contribution in [0, 0.1) is 12.7 Å². The maximum Gasteiger partial charge on any atom is 0.154 e. The summed E-state index contributed by atoms with van der Waals surface area (Å²) >= 11 is 0. The summed E-state index contributed by atoms with van der Waals surface area (Å²) in [4.78, 5) is 0. The highest BCUT2D eigenvalue weighted by molar-refractivity contribution is 7.92. The van der Waals surface area contributed by atoms with Gasteiger partial charge in [0.25, 0.3) is 0 Å². The predicted molar refractivity (Wildman–Crippen MR) is 67.0 cm³/mol. The minimum absolute atomic E-state index is 0.403. The van der Waals surface area contributed by atoms with Gasteiger partial charge in [0.05, 0.1) is 4.75 Å². The summed E-state index contributed by atoms with van der Waals surface area (Å²) in [6.07, 6.45) is 1.14. The fourth-order valence-electron chi connectivity index (χ4n) is 1.58. The molecule has 0 aliphatic heterocycles. The van der Waals surface area contributed by atoms with Crippen molar-refractivity contribution < 1.29 is 12.8 Å². The Morgan fingerprint density at radius 3 is 2.24 bits per heavy atom. The lowest BCUT2D eigenvalue weighted by molar-refractivity contribution is 0.494. The summed E-state index contributed by atoms with van der Waals surface area (Å²) in [5, 5.41) is 0. The van der Waals surface area contributed by atoms with Crippen LogP contribution >= 0.6 is 0 Å². The van der Waals surface area contributed by atoms with Crippen LogP contribution in [0.5, 0.6) is 0 Å². The number of benzene rings is 1. The van der Waals surface area contributed by atoms with Crippen LogP contribution in [0.3, 0.4) is 0 Å². The molecule has 1 rings (SSSR count). The molecule has 3 nitrogen and oxygen atoms in total. The van der Waals surface area contributed by atoms with Gasteiger partial charge in [0, 0.05) is 12.3 Å². The second kappa shape index (κ2) is 4.38. The highest BCUT2D eigenvalue weighted by atomic mass is 32.2. The summed E-state index contributed by atoms with van der Waals surface area (Å²) in [5.41, 5.74) is 7.17. The van der Waals surface area contributed by atoms with Gasteiger partial charge < -0.3 is 5.73 Å². The number of halogens is 1. The Hall–Kier alpha value is -0.940. The first kappa shape index (κ1) is 14.1. The topological polar surface area (TPSA) is 60.2 Å². The number of hydrogen-bond acceptors (Lipinski definition) is 3. The zero-order chi connectivity index (χ0) is 13.4. The van der Waals surface area contributed by atoms with Crippen molar-refractivity contribution in [3.05, 3.63) is 35.1 Å². The molecule has 0 aliphatic carbocycles. The van der Waals surface area contributed by atoms with Crippen LogP contribution in [0.4, 0.5) is 4.39 Å². The Bertz CT molecular complexity index is 503. The molecule has 1 atom stereocenters. The smallest absolute Gasteiger partial charge is 0.154 e. The second-order valence-electron chi connectivity index (χ2n) is 4.92. The summed E-state index contributed by atoms with van der Waals surface area (Å²) in [5.74, 6) is -0.403. The van der Waals surface area contributed by atoms with Crippen LogP contribution in [0.1, 0.15) is 31.0 Å². The molecule has 96 valence electrons. The zero-order valence-corrected chi connectivity index (χ0v) is 11.3. The quantitative estimate of drug-likeness (QED) is 0.902. The number of aryl methyl sites for hydroxylation is 1. The SMILES string of the molecule is Cc1cc(F)cc(C(N)C(C)(C)S(C)(=O)=O)c1. The molecule has 0 bridgehead atoms. The lowest BCUT2D eigenvalue weighted by atomic mass is 9.95. The van der Waals surface area contributed by atoms with E-state index >= 15 is 0 Å². The van der Waals surface area contributed by atoms with E-state index in [9.17, 15) is 12.8 Å². The van der Waals surface area contributed by atoms with Crippen molar-refractivity contribution in [2.45, 2.75) is 31.6 Å². The third-order valence-electron chi connectivity index (χ3n) is 3.13. The van der Waals surface area contributed by atoms with E-state index in [2.05, 4.69) is 0 Å². The van der Waals surface area contributed by atoms with Crippen molar-refractivity contribution in [3.8, 4) is 0 Å². The molecule has 0 radical (unpaired) electrons. The highest BCUT2D eigenvalue weighted by Crippen LogP contribution is 2.30. The van der Waals surface area contributed by atoms with Gasteiger partial charge in [-0.15, -0.1) is 0 Å². The molecule has 0 fully saturated rings. The number of hydrogen-bond donors (Lipinski definition) is 1. The lowest BCUT2D eigenvalue weighted by Crippen LogP contribution is -2.42. The molecule has 5 heteroatoms. The summed E-state index contributed by atoms with van der Waals surface area (Å²) in [7, 11) is -3.32. The van der Waals surface area contributed by atoms with E-state index in [4.69, 9.17) is 5.73 Å². The predicted octanol–water partition coefficient (Wildman–Crippen LogP) is 1.96. The summed E-state index contributed by atoms with van der Waals surface area (Å²) < 4.78 is 35.5. The minimum atomic E-state index is -3.32. The van der Waals surface area contributed by atoms with E-state index in [-0.39, 0.29) is 0 Å². The number of rotatable bonds is 3. The highest BCUT2D eigenvalue weighted by Gasteiger charge is 2.37. The van der Waals surface area contributed by atoms with Crippen molar-refractivity contribution in [1.29, 1.82) is 0 Å². The Labute approximate surface area is 102 Å². The standard InChI is InChI=1S/C12H18FNO2S/c1-8-5-9(7-10(13)6-8)11(14)12(2,3)17(4,15)16/h5-7,11H,14H2,1-4H3. The van der Waals surface area contributed by atoms with Crippen molar-refractivity contribution in [2.24, 2.45) is 5.73 Å². The molecule has 1 aromatic carbocycles. The average molecular weight is 259 g/mol. The van der Waals surface area contributed by atoms with Crippen LogP contribution < -0.4 is 5.73 Å². The Morgan fingerprint density at radius 1 is 1.29 bits per heavy atom. The van der Waals surface area contributed by atoms with Gasteiger partial charge in [-0.2, -0.15) is 0 Å². The fourth-order valence-corrected chi connectivity index (χ4v) is 2.17. The van der Waals surface area contributed by atoms with Gasteiger partial charge in [-0.3, -0.25) is 0 Å². The second-order valence-corrected chi connectivity index (χ2v) is 7.51. The molecule has 17 heavy (non-hydrogen) atoms. The van der Waals surface area contributed by atoms with E-state index in [1.165, 1.54) is 12.1 Å². The largest absolute Gasteiger partial charge is 0.323 e. The van der Waals surface area contributed by atoms with E-state index < -0.39 is 26.4 Å². The summed E-state index contributed by atoms with van der Waals surface area (Å²) in [6.45, 7) is 4.84. The molecule has 0 heterocycles. The summed E-state index contributed by atoms with van der Waals surface area (Å²) in [6, 6.07) is 3.61. The monoisotopic (exact) mass is 259 g/mol. The lowest BCUT2D eigenvalue weighted by Gasteiger charge is -2.30. The Balaban J connectivity index is 3.25. The van der Waals surface area contributed by atoms with Gasteiger partial charge in [0.2, 0.25) is 0 Å². The van der Waals surface area contributed by atoms with E-state index in [0.29, 0.717) is 5.56 Å². The van der Waals surface area contributed by atoms with Crippen LogP contribution in [0.25, 0.3) is 0 Å². The minimum Gasteiger partial charge on any atom is -0.323 e. The van der Waals surface area contributed by atoms with Gasteiger partial charge in [0.1, 0.15) is 5.82 Å². The molecule has 0 aromatic heterocycles. The molecule has 0 saturated heterocycles. The van der Waals surface area contributed by atoms with Crippen molar-refractivity contribution in [1.82, 2.24) is 0 Å². The first-order valence-electron chi connectivity index (χ1n) is 5.28. The van der Waals surface area contributed by atoms with Gasteiger partial charge in [-0.1, -0.05) is 6.07 Å². The molecular weight excluding hydrogens is 241 g/mol. The molecule has 2 N–H and O–H groups in total. The van der Waals surface area contributed by atoms with Crippen LogP contribution in [-0.4, -0.2) is 19.4 Å². The van der Waals surface area contributed by atoms with Gasteiger partial charge in [-0.25, -0.2) is 12.8 Å². The molecule has 1 unspecified atom stereocenters. The van der Waals surface area contributed by atoms with Gasteiger partial charge in [0.15, 0.2) is 9.84 Å². The molecule has 0 aliphatic rings.